The average Bonchev–Trinajstić information content (AvgIpc) is 1.87. The fraction of sp³-hybridized carbons (Fsp3) is 0.571. The molecule has 0 aliphatic heterocycles. The van der Waals surface area contributed by atoms with Gasteiger partial charge in [0.05, 0.1) is 12.2 Å². The number of carbonyl (C=O) groups excluding carboxylic acids is 1. The Labute approximate surface area is 55.5 Å². The second-order valence-electron chi connectivity index (χ2n) is 1.91. The zero-order valence-corrected chi connectivity index (χ0v) is 5.89. The predicted molar refractivity (Wildman–Crippen MR) is 35.7 cm³/mol. The van der Waals surface area contributed by atoms with Gasteiger partial charge in [-0.3, -0.25) is 4.79 Å². The van der Waals surface area contributed by atoms with Crippen molar-refractivity contribution in [1.29, 1.82) is 0 Å². The minimum Gasteiger partial charge on any atom is -0.435 e. The summed E-state index contributed by atoms with van der Waals surface area (Å²) in [6.45, 7) is 7.04. The van der Waals surface area contributed by atoms with Crippen LogP contribution in [-0.2, 0) is 9.53 Å². The Morgan fingerprint density at radius 1 is 1.89 bits per heavy atom. The van der Waals surface area contributed by atoms with Gasteiger partial charge in [-0.2, -0.15) is 0 Å². The van der Waals surface area contributed by atoms with Gasteiger partial charge in [-0.05, 0) is 6.42 Å². The minimum atomic E-state index is -0.201. The van der Waals surface area contributed by atoms with E-state index in [4.69, 9.17) is 0 Å². The molecule has 0 aromatic rings. The van der Waals surface area contributed by atoms with Crippen molar-refractivity contribution in [3.8, 4) is 0 Å². The zero-order valence-electron chi connectivity index (χ0n) is 5.89. The Morgan fingerprint density at radius 3 is 2.78 bits per heavy atom. The average molecular weight is 128 g/mol. The van der Waals surface area contributed by atoms with E-state index in [2.05, 4.69) is 11.3 Å². The Morgan fingerprint density at radius 2 is 2.44 bits per heavy atom. The van der Waals surface area contributed by atoms with Crippen LogP contribution in [0.5, 0.6) is 0 Å². The van der Waals surface area contributed by atoms with E-state index < -0.39 is 0 Å². The van der Waals surface area contributed by atoms with Gasteiger partial charge in [-0.1, -0.05) is 20.4 Å². The molecule has 1 atom stereocenters. The molecule has 0 fully saturated rings. The van der Waals surface area contributed by atoms with Crippen LogP contribution in [0, 0.1) is 5.92 Å². The second-order valence-corrected chi connectivity index (χ2v) is 1.91. The Hall–Kier alpha value is -0.790. The lowest BCUT2D eigenvalue weighted by molar-refractivity contribution is -0.142. The lowest BCUT2D eigenvalue weighted by Gasteiger charge is -2.03. The van der Waals surface area contributed by atoms with Gasteiger partial charge < -0.3 is 4.74 Å². The first-order valence-electron chi connectivity index (χ1n) is 3.03. The van der Waals surface area contributed by atoms with Crippen LogP contribution in [0.4, 0.5) is 0 Å². The van der Waals surface area contributed by atoms with E-state index >= 15 is 0 Å². The summed E-state index contributed by atoms with van der Waals surface area (Å²) in [5.41, 5.74) is 0. The maximum absolute atomic E-state index is 10.7. The molecule has 2 nitrogen and oxygen atoms in total. The van der Waals surface area contributed by atoms with E-state index in [-0.39, 0.29) is 11.9 Å². The lowest BCUT2D eigenvalue weighted by Crippen LogP contribution is -2.10. The SMILES string of the molecule is C=COC(=O)C(C)CC. The molecule has 0 saturated heterocycles. The molecule has 0 amide bonds. The third kappa shape index (κ3) is 2.90. The van der Waals surface area contributed by atoms with Gasteiger partial charge in [0.25, 0.3) is 0 Å². The van der Waals surface area contributed by atoms with Crippen LogP contribution in [0.1, 0.15) is 20.3 Å². The molecule has 52 valence electrons. The Bertz CT molecular complexity index is 107. The molecule has 0 spiro atoms. The van der Waals surface area contributed by atoms with E-state index in [1.807, 2.05) is 13.8 Å². The van der Waals surface area contributed by atoms with Crippen molar-refractivity contribution in [2.75, 3.05) is 0 Å². The highest BCUT2D eigenvalue weighted by molar-refractivity contribution is 5.72. The molecule has 0 N–H and O–H groups in total. The summed E-state index contributed by atoms with van der Waals surface area (Å²) < 4.78 is 4.52. The van der Waals surface area contributed by atoms with Crippen molar-refractivity contribution >= 4 is 5.97 Å². The highest BCUT2D eigenvalue weighted by atomic mass is 16.5. The van der Waals surface area contributed by atoms with Gasteiger partial charge >= 0.3 is 5.97 Å². The molecular formula is C7H12O2. The summed E-state index contributed by atoms with van der Waals surface area (Å²) in [6.07, 6.45) is 1.97. The van der Waals surface area contributed by atoms with Gasteiger partial charge in [0, 0.05) is 0 Å². The van der Waals surface area contributed by atoms with E-state index in [0.717, 1.165) is 12.7 Å². The highest BCUT2D eigenvalue weighted by Gasteiger charge is 2.09. The van der Waals surface area contributed by atoms with Crippen molar-refractivity contribution in [2.45, 2.75) is 20.3 Å². The summed E-state index contributed by atoms with van der Waals surface area (Å²) in [4.78, 5) is 10.7. The van der Waals surface area contributed by atoms with Crippen LogP contribution in [0.2, 0.25) is 0 Å². The molecule has 2 heteroatoms. The number of carbonyl (C=O) groups is 1. The molecule has 9 heavy (non-hydrogen) atoms. The number of rotatable bonds is 3. The molecule has 0 aliphatic carbocycles. The van der Waals surface area contributed by atoms with Gasteiger partial charge in [0.1, 0.15) is 0 Å². The Balaban J connectivity index is 3.58. The molecule has 0 aromatic heterocycles. The van der Waals surface area contributed by atoms with Crippen molar-refractivity contribution in [2.24, 2.45) is 5.92 Å². The summed E-state index contributed by atoms with van der Waals surface area (Å²) in [5.74, 6) is -0.213. The molecular weight excluding hydrogens is 116 g/mol. The molecule has 1 unspecified atom stereocenters. The van der Waals surface area contributed by atoms with Crippen LogP contribution in [0.3, 0.4) is 0 Å². The summed E-state index contributed by atoms with van der Waals surface area (Å²) in [6, 6.07) is 0. The number of hydrogen-bond acceptors (Lipinski definition) is 2. The third-order valence-electron chi connectivity index (χ3n) is 1.21. The lowest BCUT2D eigenvalue weighted by atomic mass is 10.1. The number of esters is 1. The van der Waals surface area contributed by atoms with Gasteiger partial charge in [0.2, 0.25) is 0 Å². The predicted octanol–water partition coefficient (Wildman–Crippen LogP) is 1.72. The molecule has 0 rings (SSSR count). The van der Waals surface area contributed by atoms with E-state index in [9.17, 15) is 4.79 Å². The van der Waals surface area contributed by atoms with E-state index in [1.54, 1.807) is 0 Å². The van der Waals surface area contributed by atoms with Crippen molar-refractivity contribution in [3.63, 3.8) is 0 Å². The first-order chi connectivity index (χ1) is 4.22. The topological polar surface area (TPSA) is 26.3 Å². The van der Waals surface area contributed by atoms with E-state index in [0.29, 0.717) is 0 Å². The maximum Gasteiger partial charge on any atom is 0.313 e. The largest absolute Gasteiger partial charge is 0.435 e. The first kappa shape index (κ1) is 8.21. The maximum atomic E-state index is 10.7. The van der Waals surface area contributed by atoms with Crippen LogP contribution >= 0.6 is 0 Å². The molecule has 0 saturated carbocycles. The summed E-state index contributed by atoms with van der Waals surface area (Å²) in [5, 5.41) is 0. The molecule has 0 radical (unpaired) electrons. The zero-order chi connectivity index (χ0) is 7.28. The highest BCUT2D eigenvalue weighted by Crippen LogP contribution is 2.02. The van der Waals surface area contributed by atoms with Crippen molar-refractivity contribution in [1.82, 2.24) is 0 Å². The third-order valence-corrected chi connectivity index (χ3v) is 1.21. The fourth-order valence-corrected chi connectivity index (χ4v) is 0.365. The van der Waals surface area contributed by atoms with Crippen LogP contribution in [-0.4, -0.2) is 5.97 Å². The van der Waals surface area contributed by atoms with Crippen molar-refractivity contribution < 1.29 is 9.53 Å². The molecule has 0 heterocycles. The first-order valence-corrected chi connectivity index (χ1v) is 3.03. The summed E-state index contributed by atoms with van der Waals surface area (Å²) >= 11 is 0. The molecule has 0 aliphatic rings. The fourth-order valence-electron chi connectivity index (χ4n) is 0.365. The Kier molecular flexibility index (Phi) is 3.76. The van der Waals surface area contributed by atoms with Gasteiger partial charge in [-0.15, -0.1) is 0 Å². The molecule has 0 bridgehead atoms. The van der Waals surface area contributed by atoms with Gasteiger partial charge in [0.15, 0.2) is 0 Å². The normalized spacial score (nSPS) is 12.2. The van der Waals surface area contributed by atoms with Crippen LogP contribution in [0.25, 0.3) is 0 Å². The number of ether oxygens (including phenoxy) is 1. The summed E-state index contributed by atoms with van der Waals surface area (Å²) in [7, 11) is 0. The smallest absolute Gasteiger partial charge is 0.313 e. The number of hydrogen-bond donors (Lipinski definition) is 0. The quantitative estimate of drug-likeness (QED) is 0.427. The van der Waals surface area contributed by atoms with E-state index in [1.165, 1.54) is 0 Å². The molecule has 0 aromatic carbocycles. The van der Waals surface area contributed by atoms with Crippen LogP contribution in [0.15, 0.2) is 12.8 Å². The van der Waals surface area contributed by atoms with Crippen molar-refractivity contribution in [3.05, 3.63) is 12.8 Å². The standard InChI is InChI=1S/C7H12O2/c1-4-6(3)7(8)9-5-2/h5-6H,2,4H2,1,3H3. The second kappa shape index (κ2) is 4.13. The van der Waals surface area contributed by atoms with Gasteiger partial charge in [-0.25, -0.2) is 0 Å². The minimum absolute atomic E-state index is 0.0111. The van der Waals surface area contributed by atoms with Crippen LogP contribution < -0.4 is 0 Å². The monoisotopic (exact) mass is 128 g/mol.